The van der Waals surface area contributed by atoms with E-state index < -0.39 is 5.54 Å². The predicted octanol–water partition coefficient (Wildman–Crippen LogP) is 5.70. The molecule has 38 heavy (non-hydrogen) atoms. The van der Waals surface area contributed by atoms with Gasteiger partial charge in [0.15, 0.2) is 0 Å². The molecule has 5 aromatic rings. The number of fused-ring (bicyclic) bond motifs is 11. The second-order valence-electron chi connectivity index (χ2n) is 11.5. The van der Waals surface area contributed by atoms with Crippen LogP contribution in [0.4, 0.5) is 0 Å². The summed E-state index contributed by atoms with van der Waals surface area (Å²) in [6.07, 6.45) is 3.36. The van der Waals surface area contributed by atoms with Crippen LogP contribution in [-0.4, -0.2) is 27.0 Å². The minimum absolute atomic E-state index is 0.0340. The van der Waals surface area contributed by atoms with Crippen molar-refractivity contribution in [2.75, 3.05) is 6.54 Å². The largest absolute Gasteiger partial charge is 0.282 e. The fourth-order valence-electron chi connectivity index (χ4n) is 9.12. The number of nitrogens with zero attached hydrogens (tertiary/aromatic N) is 3. The molecule has 0 radical (unpaired) electrons. The van der Waals surface area contributed by atoms with Gasteiger partial charge >= 0.3 is 0 Å². The van der Waals surface area contributed by atoms with E-state index in [9.17, 15) is 4.79 Å². The Bertz CT molecular complexity index is 1830. The number of aromatic nitrogens is 2. The maximum Gasteiger partial charge on any atom is 0.266 e. The molecule has 4 nitrogen and oxygen atoms in total. The van der Waals surface area contributed by atoms with E-state index in [-0.39, 0.29) is 16.4 Å². The first-order chi connectivity index (χ1) is 18.7. The van der Waals surface area contributed by atoms with Crippen molar-refractivity contribution in [2.24, 2.45) is 0 Å². The van der Waals surface area contributed by atoms with Gasteiger partial charge in [0.05, 0.1) is 16.6 Å². The summed E-state index contributed by atoms with van der Waals surface area (Å²) in [6, 6.07) is 39.1. The summed E-state index contributed by atoms with van der Waals surface area (Å²) < 4.78 is 1.96. The molecule has 0 N–H and O–H groups in total. The summed E-state index contributed by atoms with van der Waals surface area (Å²) in [7, 11) is 0. The second-order valence-corrected chi connectivity index (χ2v) is 11.5. The van der Waals surface area contributed by atoms with E-state index in [1.807, 2.05) is 28.8 Å². The Labute approximate surface area is 221 Å². The molecule has 1 spiro atoms. The zero-order valence-electron chi connectivity index (χ0n) is 21.0. The van der Waals surface area contributed by atoms with E-state index in [1.165, 1.54) is 16.7 Å². The van der Waals surface area contributed by atoms with Gasteiger partial charge in [-0.3, -0.25) is 14.3 Å². The van der Waals surface area contributed by atoms with Gasteiger partial charge < -0.3 is 0 Å². The van der Waals surface area contributed by atoms with Crippen molar-refractivity contribution in [3.63, 3.8) is 0 Å². The van der Waals surface area contributed by atoms with E-state index in [1.54, 1.807) is 0 Å². The normalized spacial score (nSPS) is 30.3. The third-order valence-electron chi connectivity index (χ3n) is 10.2. The van der Waals surface area contributed by atoms with Gasteiger partial charge in [-0.25, -0.2) is 4.98 Å². The molecular formula is C34H27N3O. The summed E-state index contributed by atoms with van der Waals surface area (Å²) in [5.74, 6) is 0.897. The molecule has 0 amide bonds. The van der Waals surface area contributed by atoms with Crippen molar-refractivity contribution in [2.45, 2.75) is 41.7 Å². The highest BCUT2D eigenvalue weighted by molar-refractivity contribution is 5.80. The van der Waals surface area contributed by atoms with Crippen molar-refractivity contribution >= 4 is 10.9 Å². The first-order valence-corrected chi connectivity index (χ1v) is 13.8. The smallest absolute Gasteiger partial charge is 0.266 e. The van der Waals surface area contributed by atoms with Crippen LogP contribution in [-0.2, 0) is 16.4 Å². The summed E-state index contributed by atoms with van der Waals surface area (Å²) in [5.41, 5.74) is 5.00. The van der Waals surface area contributed by atoms with E-state index in [4.69, 9.17) is 4.98 Å². The lowest BCUT2D eigenvalue weighted by Crippen LogP contribution is -2.52. The zero-order valence-corrected chi connectivity index (χ0v) is 21.0. The molecule has 1 aromatic heterocycles. The average Bonchev–Trinajstić information content (AvgIpc) is 3.22. The number of rotatable bonds is 2. The molecule has 0 unspecified atom stereocenters. The number of piperidine rings is 1. The summed E-state index contributed by atoms with van der Waals surface area (Å²) in [4.78, 5) is 22.4. The van der Waals surface area contributed by atoms with Crippen LogP contribution in [0.25, 0.3) is 16.6 Å². The van der Waals surface area contributed by atoms with Crippen LogP contribution in [0, 0.1) is 0 Å². The monoisotopic (exact) mass is 493 g/mol. The van der Waals surface area contributed by atoms with Crippen LogP contribution in [0.5, 0.6) is 0 Å². The first kappa shape index (κ1) is 21.0. The first-order valence-electron chi connectivity index (χ1n) is 13.8. The standard InChI is InChI=1S/C34H27N3O/c38-30-25-16-7-9-18-27(25)35-31-34(26-17-8-10-19-28(26)37(30)31)33(24-14-5-2-6-15-24)22-32(33,23-12-3-1-4-13-23)29-20-11-21-36(29)34/h1-10,12-19,29H,11,20-22H2/t29-,32+,33+,34-/m1/s1. The van der Waals surface area contributed by atoms with Gasteiger partial charge in [0.25, 0.3) is 5.56 Å². The van der Waals surface area contributed by atoms with Gasteiger partial charge in [-0.15, -0.1) is 0 Å². The molecule has 9 rings (SSSR count). The Kier molecular flexibility index (Phi) is 3.80. The maximum atomic E-state index is 14.2. The predicted molar refractivity (Wildman–Crippen MR) is 149 cm³/mol. The lowest BCUT2D eigenvalue weighted by molar-refractivity contribution is 0.116. The lowest BCUT2D eigenvalue weighted by atomic mass is 9.68. The van der Waals surface area contributed by atoms with Crippen LogP contribution in [0.3, 0.4) is 0 Å². The highest BCUT2D eigenvalue weighted by atomic mass is 16.1. The Morgan fingerprint density at radius 2 is 1.45 bits per heavy atom. The van der Waals surface area contributed by atoms with Crippen LogP contribution >= 0.6 is 0 Å². The molecule has 1 aliphatic carbocycles. The second kappa shape index (κ2) is 6.89. The zero-order chi connectivity index (χ0) is 25.1. The Morgan fingerprint density at radius 3 is 2.26 bits per heavy atom. The fourth-order valence-corrected chi connectivity index (χ4v) is 9.12. The highest BCUT2D eigenvalue weighted by Gasteiger charge is 2.89. The summed E-state index contributed by atoms with van der Waals surface area (Å²) in [6.45, 7) is 1.00. The van der Waals surface area contributed by atoms with Crippen LogP contribution in [0.2, 0.25) is 0 Å². The molecule has 4 atom stereocenters. The number of benzene rings is 4. The van der Waals surface area contributed by atoms with Crippen molar-refractivity contribution in [1.82, 2.24) is 14.5 Å². The maximum absolute atomic E-state index is 14.2. The molecule has 1 saturated carbocycles. The SMILES string of the molecule is O=c1c2ccccc2nc2n1-c1ccccc1[C@@]21N2CCC[C@@H]2[C@@]2(c3ccccc3)C[C@@]12c1ccccc1. The highest BCUT2D eigenvalue weighted by Crippen LogP contribution is 2.84. The number of para-hydroxylation sites is 2. The van der Waals surface area contributed by atoms with Crippen LogP contribution in [0.15, 0.2) is 114 Å². The molecule has 3 fully saturated rings. The molecule has 4 heterocycles. The van der Waals surface area contributed by atoms with Gasteiger partial charge in [-0.2, -0.15) is 0 Å². The quantitative estimate of drug-likeness (QED) is 0.317. The van der Waals surface area contributed by atoms with Gasteiger partial charge in [0.1, 0.15) is 11.4 Å². The topological polar surface area (TPSA) is 38.1 Å². The van der Waals surface area contributed by atoms with E-state index in [0.717, 1.165) is 42.8 Å². The fraction of sp³-hybridized carbons (Fsp3) is 0.235. The van der Waals surface area contributed by atoms with E-state index in [0.29, 0.717) is 11.4 Å². The van der Waals surface area contributed by atoms with Crippen molar-refractivity contribution < 1.29 is 0 Å². The minimum atomic E-state index is -0.523. The Morgan fingerprint density at radius 1 is 0.763 bits per heavy atom. The minimum Gasteiger partial charge on any atom is -0.282 e. The van der Waals surface area contributed by atoms with Crippen LogP contribution in [0.1, 0.15) is 41.8 Å². The van der Waals surface area contributed by atoms with E-state index >= 15 is 0 Å². The summed E-state index contributed by atoms with van der Waals surface area (Å²) in [5, 5.41) is 0.679. The van der Waals surface area contributed by atoms with Gasteiger partial charge in [0.2, 0.25) is 0 Å². The molecule has 0 bridgehead atoms. The third-order valence-corrected chi connectivity index (χ3v) is 10.2. The number of hydrogen-bond donors (Lipinski definition) is 0. The van der Waals surface area contributed by atoms with Gasteiger partial charge in [-0.05, 0) is 55.1 Å². The Balaban J connectivity index is 1.49. The molecule has 184 valence electrons. The molecule has 2 saturated heterocycles. The van der Waals surface area contributed by atoms with Gasteiger partial charge in [0, 0.05) is 22.4 Å². The van der Waals surface area contributed by atoms with Crippen molar-refractivity contribution in [3.05, 3.63) is 142 Å². The van der Waals surface area contributed by atoms with Crippen molar-refractivity contribution in [3.8, 4) is 5.69 Å². The van der Waals surface area contributed by atoms with Crippen molar-refractivity contribution in [1.29, 1.82) is 0 Å². The Hall–Kier alpha value is -4.02. The third kappa shape index (κ3) is 2.06. The average molecular weight is 494 g/mol. The summed E-state index contributed by atoms with van der Waals surface area (Å²) >= 11 is 0. The molecular weight excluding hydrogens is 466 g/mol. The molecule has 4 aromatic carbocycles. The molecule has 4 heteroatoms. The molecule has 4 aliphatic rings. The van der Waals surface area contributed by atoms with Gasteiger partial charge in [-0.1, -0.05) is 91.0 Å². The number of hydrogen-bond acceptors (Lipinski definition) is 3. The van der Waals surface area contributed by atoms with E-state index in [2.05, 4.69) is 89.8 Å². The van der Waals surface area contributed by atoms with Crippen LogP contribution < -0.4 is 5.56 Å². The molecule has 3 aliphatic heterocycles. The lowest BCUT2D eigenvalue weighted by Gasteiger charge is -2.43.